The SMILES string of the molecule is CN(CC(=O)NCCc1c[nH]c2ccccc12)c1ccccc1. The van der Waals surface area contributed by atoms with Crippen LogP contribution in [0, 0.1) is 0 Å². The summed E-state index contributed by atoms with van der Waals surface area (Å²) >= 11 is 0. The highest BCUT2D eigenvalue weighted by Crippen LogP contribution is 2.17. The zero-order chi connectivity index (χ0) is 16.1. The van der Waals surface area contributed by atoms with Crippen LogP contribution in [0.2, 0.25) is 0 Å². The molecule has 0 aliphatic heterocycles. The van der Waals surface area contributed by atoms with E-state index in [4.69, 9.17) is 0 Å². The molecule has 1 amide bonds. The van der Waals surface area contributed by atoms with Crippen molar-refractivity contribution in [2.75, 3.05) is 25.0 Å². The quantitative estimate of drug-likeness (QED) is 0.735. The van der Waals surface area contributed by atoms with Crippen LogP contribution in [0.3, 0.4) is 0 Å². The van der Waals surface area contributed by atoms with Gasteiger partial charge >= 0.3 is 0 Å². The number of hydrogen-bond donors (Lipinski definition) is 2. The number of para-hydroxylation sites is 2. The van der Waals surface area contributed by atoms with Crippen molar-refractivity contribution in [3.63, 3.8) is 0 Å². The maximum atomic E-state index is 12.1. The molecule has 2 N–H and O–H groups in total. The lowest BCUT2D eigenvalue weighted by atomic mass is 10.1. The van der Waals surface area contributed by atoms with Gasteiger partial charge in [0, 0.05) is 36.4 Å². The van der Waals surface area contributed by atoms with Crippen molar-refractivity contribution in [2.24, 2.45) is 0 Å². The van der Waals surface area contributed by atoms with E-state index in [-0.39, 0.29) is 5.91 Å². The van der Waals surface area contributed by atoms with E-state index < -0.39 is 0 Å². The number of rotatable bonds is 6. The number of carbonyl (C=O) groups is 1. The summed E-state index contributed by atoms with van der Waals surface area (Å²) in [5.74, 6) is 0.0381. The summed E-state index contributed by atoms with van der Waals surface area (Å²) in [6.07, 6.45) is 2.84. The summed E-state index contributed by atoms with van der Waals surface area (Å²) in [4.78, 5) is 17.3. The summed E-state index contributed by atoms with van der Waals surface area (Å²) in [5, 5.41) is 4.22. The van der Waals surface area contributed by atoms with Gasteiger partial charge in [-0.3, -0.25) is 4.79 Å². The molecule has 0 aliphatic rings. The molecule has 0 atom stereocenters. The molecule has 4 heteroatoms. The van der Waals surface area contributed by atoms with E-state index >= 15 is 0 Å². The van der Waals surface area contributed by atoms with E-state index in [0.717, 1.165) is 17.6 Å². The van der Waals surface area contributed by atoms with Gasteiger partial charge in [0.25, 0.3) is 0 Å². The fraction of sp³-hybridized carbons (Fsp3) is 0.211. The first kappa shape index (κ1) is 15.2. The van der Waals surface area contributed by atoms with Gasteiger partial charge in [-0.1, -0.05) is 36.4 Å². The fourth-order valence-electron chi connectivity index (χ4n) is 2.72. The van der Waals surface area contributed by atoms with E-state index in [9.17, 15) is 4.79 Å². The average Bonchev–Trinajstić information content (AvgIpc) is 2.99. The molecule has 0 saturated carbocycles. The number of likely N-dealkylation sites (N-methyl/N-ethyl adjacent to an activating group) is 1. The molecule has 23 heavy (non-hydrogen) atoms. The molecule has 0 bridgehead atoms. The van der Waals surface area contributed by atoms with Crippen molar-refractivity contribution >= 4 is 22.5 Å². The van der Waals surface area contributed by atoms with E-state index in [1.807, 2.05) is 60.6 Å². The zero-order valence-electron chi connectivity index (χ0n) is 13.3. The van der Waals surface area contributed by atoms with Crippen LogP contribution in [-0.2, 0) is 11.2 Å². The fourth-order valence-corrected chi connectivity index (χ4v) is 2.72. The summed E-state index contributed by atoms with van der Waals surface area (Å²) in [5.41, 5.74) is 3.41. The number of anilines is 1. The van der Waals surface area contributed by atoms with Gasteiger partial charge in [0.2, 0.25) is 5.91 Å². The molecule has 0 aliphatic carbocycles. The second-order valence-corrected chi connectivity index (χ2v) is 5.65. The lowest BCUT2D eigenvalue weighted by Gasteiger charge is -2.18. The van der Waals surface area contributed by atoms with Crippen LogP contribution in [0.1, 0.15) is 5.56 Å². The Morgan fingerprint density at radius 1 is 1.09 bits per heavy atom. The van der Waals surface area contributed by atoms with Crippen LogP contribution in [0.25, 0.3) is 10.9 Å². The third-order valence-corrected chi connectivity index (χ3v) is 3.97. The largest absolute Gasteiger partial charge is 0.365 e. The van der Waals surface area contributed by atoms with Gasteiger partial charge in [-0.2, -0.15) is 0 Å². The minimum absolute atomic E-state index is 0.0381. The first-order chi connectivity index (χ1) is 11.2. The van der Waals surface area contributed by atoms with Crippen LogP contribution in [0.15, 0.2) is 60.8 Å². The molecule has 0 saturated heterocycles. The van der Waals surface area contributed by atoms with Gasteiger partial charge < -0.3 is 15.2 Å². The second kappa shape index (κ2) is 7.01. The van der Waals surface area contributed by atoms with Crippen molar-refractivity contribution < 1.29 is 4.79 Å². The standard InChI is InChI=1S/C19H21N3O/c1-22(16-7-3-2-4-8-16)14-19(23)20-12-11-15-13-21-18-10-6-5-9-17(15)18/h2-10,13,21H,11-12,14H2,1H3,(H,20,23). The van der Waals surface area contributed by atoms with Crippen molar-refractivity contribution in [2.45, 2.75) is 6.42 Å². The molecular weight excluding hydrogens is 286 g/mol. The van der Waals surface area contributed by atoms with Crippen molar-refractivity contribution in [1.82, 2.24) is 10.3 Å². The highest BCUT2D eigenvalue weighted by molar-refractivity contribution is 5.83. The molecule has 0 fully saturated rings. The molecule has 0 radical (unpaired) electrons. The molecule has 118 valence electrons. The molecule has 0 spiro atoms. The monoisotopic (exact) mass is 307 g/mol. The van der Waals surface area contributed by atoms with Gasteiger partial charge in [-0.05, 0) is 30.2 Å². The Kier molecular flexibility index (Phi) is 4.62. The van der Waals surface area contributed by atoms with Gasteiger partial charge in [-0.25, -0.2) is 0 Å². The average molecular weight is 307 g/mol. The highest BCUT2D eigenvalue weighted by Gasteiger charge is 2.07. The lowest BCUT2D eigenvalue weighted by Crippen LogP contribution is -2.36. The maximum Gasteiger partial charge on any atom is 0.239 e. The molecule has 1 heterocycles. The predicted molar refractivity (Wildman–Crippen MR) is 94.7 cm³/mol. The number of H-pyrrole nitrogens is 1. The Bertz CT molecular complexity index is 779. The number of hydrogen-bond acceptors (Lipinski definition) is 2. The Balaban J connectivity index is 1.50. The molecule has 4 nitrogen and oxygen atoms in total. The van der Waals surface area contributed by atoms with Crippen molar-refractivity contribution in [3.8, 4) is 0 Å². The third kappa shape index (κ3) is 3.72. The van der Waals surface area contributed by atoms with E-state index in [1.54, 1.807) is 0 Å². The number of benzene rings is 2. The number of amides is 1. The summed E-state index contributed by atoms with van der Waals surface area (Å²) < 4.78 is 0. The number of nitrogens with one attached hydrogen (secondary N) is 2. The minimum Gasteiger partial charge on any atom is -0.365 e. The number of nitrogens with zero attached hydrogens (tertiary/aromatic N) is 1. The van der Waals surface area contributed by atoms with Crippen molar-refractivity contribution in [3.05, 3.63) is 66.4 Å². The van der Waals surface area contributed by atoms with Gasteiger partial charge in [-0.15, -0.1) is 0 Å². The van der Waals surface area contributed by atoms with E-state index in [1.165, 1.54) is 10.9 Å². The summed E-state index contributed by atoms with van der Waals surface area (Å²) in [7, 11) is 1.93. The Morgan fingerprint density at radius 2 is 1.83 bits per heavy atom. The predicted octanol–water partition coefficient (Wildman–Crippen LogP) is 2.96. The van der Waals surface area contributed by atoms with Crippen LogP contribution in [0.5, 0.6) is 0 Å². The van der Waals surface area contributed by atoms with E-state index in [2.05, 4.69) is 22.4 Å². The molecular formula is C19H21N3O. The Morgan fingerprint density at radius 3 is 2.65 bits per heavy atom. The number of aromatic nitrogens is 1. The molecule has 3 aromatic rings. The van der Waals surface area contributed by atoms with Crippen LogP contribution >= 0.6 is 0 Å². The number of carbonyl (C=O) groups excluding carboxylic acids is 1. The van der Waals surface area contributed by atoms with Crippen LogP contribution in [0.4, 0.5) is 5.69 Å². The first-order valence-corrected chi connectivity index (χ1v) is 7.82. The smallest absolute Gasteiger partial charge is 0.239 e. The normalized spacial score (nSPS) is 10.7. The van der Waals surface area contributed by atoms with Gasteiger partial charge in [0.1, 0.15) is 0 Å². The van der Waals surface area contributed by atoms with Gasteiger partial charge in [0.05, 0.1) is 6.54 Å². The summed E-state index contributed by atoms with van der Waals surface area (Å²) in [6.45, 7) is 1.00. The van der Waals surface area contributed by atoms with Gasteiger partial charge in [0.15, 0.2) is 0 Å². The number of aromatic amines is 1. The maximum absolute atomic E-state index is 12.1. The Hall–Kier alpha value is -2.75. The Labute approximate surface area is 136 Å². The van der Waals surface area contributed by atoms with Crippen molar-refractivity contribution in [1.29, 1.82) is 0 Å². The molecule has 1 aromatic heterocycles. The van der Waals surface area contributed by atoms with Crippen LogP contribution in [-0.4, -0.2) is 31.0 Å². The topological polar surface area (TPSA) is 48.1 Å². The lowest BCUT2D eigenvalue weighted by molar-refractivity contribution is -0.119. The van der Waals surface area contributed by atoms with Crippen LogP contribution < -0.4 is 10.2 Å². The molecule has 0 unspecified atom stereocenters. The minimum atomic E-state index is 0.0381. The molecule has 3 rings (SSSR count). The van der Waals surface area contributed by atoms with E-state index in [0.29, 0.717) is 13.1 Å². The zero-order valence-corrected chi connectivity index (χ0v) is 13.3. The number of fused-ring (bicyclic) bond motifs is 1. The second-order valence-electron chi connectivity index (χ2n) is 5.65. The summed E-state index contributed by atoms with van der Waals surface area (Å²) in [6, 6.07) is 18.1. The first-order valence-electron chi connectivity index (χ1n) is 7.82. The molecule has 2 aromatic carbocycles. The highest BCUT2D eigenvalue weighted by atomic mass is 16.2. The third-order valence-electron chi connectivity index (χ3n) is 3.97.